The molecule has 2 aliphatic rings. The highest BCUT2D eigenvalue weighted by Crippen LogP contribution is 2.42. The number of aryl methyl sites for hydroxylation is 3. The minimum atomic E-state index is -0.259. The number of hydrogen-bond donors (Lipinski definition) is 0. The molecule has 172 valence electrons. The first-order chi connectivity index (χ1) is 15.9. The smallest absolute Gasteiger partial charge is 0.229 e. The summed E-state index contributed by atoms with van der Waals surface area (Å²) in [6.45, 7) is 8.98. The number of rotatable bonds is 4. The van der Waals surface area contributed by atoms with E-state index < -0.39 is 0 Å². The molecule has 2 aromatic heterocycles. The maximum Gasteiger partial charge on any atom is 0.229 e. The predicted octanol–water partition coefficient (Wildman–Crippen LogP) is 4.47. The van der Waals surface area contributed by atoms with Crippen LogP contribution in [-0.2, 0) is 11.3 Å². The molecule has 1 amide bonds. The van der Waals surface area contributed by atoms with Crippen molar-refractivity contribution in [3.8, 4) is 11.5 Å². The van der Waals surface area contributed by atoms with Gasteiger partial charge in [0.05, 0.1) is 11.6 Å². The highest BCUT2D eigenvalue weighted by Gasteiger charge is 2.45. The number of benzene rings is 1. The number of aromatic nitrogens is 3. The molecule has 1 aromatic carbocycles. The van der Waals surface area contributed by atoms with Crippen LogP contribution in [0.5, 0.6) is 0 Å². The first kappa shape index (κ1) is 21.6. The van der Waals surface area contributed by atoms with Gasteiger partial charge in [0.2, 0.25) is 17.7 Å². The van der Waals surface area contributed by atoms with Crippen molar-refractivity contribution < 1.29 is 9.21 Å². The fraction of sp³-hybridized carbons (Fsp3) is 0.462. The second-order valence-electron chi connectivity index (χ2n) is 9.52. The van der Waals surface area contributed by atoms with E-state index in [1.54, 1.807) is 6.20 Å². The van der Waals surface area contributed by atoms with Crippen molar-refractivity contribution in [2.24, 2.45) is 5.41 Å². The highest BCUT2D eigenvalue weighted by atomic mass is 16.4. The Morgan fingerprint density at radius 3 is 2.45 bits per heavy atom. The van der Waals surface area contributed by atoms with E-state index in [1.807, 2.05) is 43.9 Å². The van der Waals surface area contributed by atoms with E-state index >= 15 is 0 Å². The van der Waals surface area contributed by atoms with E-state index in [1.165, 1.54) is 0 Å². The zero-order valence-electron chi connectivity index (χ0n) is 19.7. The van der Waals surface area contributed by atoms with Crippen LogP contribution >= 0.6 is 0 Å². The molecule has 7 nitrogen and oxygen atoms in total. The number of hydrogen-bond acceptors (Lipinski definition) is 6. The molecule has 2 aliphatic heterocycles. The van der Waals surface area contributed by atoms with Crippen molar-refractivity contribution in [3.63, 3.8) is 0 Å². The van der Waals surface area contributed by atoms with Gasteiger partial charge in [-0.2, -0.15) is 0 Å². The molecule has 0 saturated carbocycles. The zero-order valence-corrected chi connectivity index (χ0v) is 19.7. The Labute approximate surface area is 194 Å². The van der Waals surface area contributed by atoms with E-state index in [9.17, 15) is 4.79 Å². The fourth-order valence-corrected chi connectivity index (χ4v) is 5.26. The van der Waals surface area contributed by atoms with Crippen LogP contribution in [-0.4, -0.2) is 45.4 Å². The summed E-state index contributed by atoms with van der Waals surface area (Å²) >= 11 is 0. The van der Waals surface area contributed by atoms with Gasteiger partial charge >= 0.3 is 0 Å². The lowest BCUT2D eigenvalue weighted by Crippen LogP contribution is -2.53. The van der Waals surface area contributed by atoms with Gasteiger partial charge in [-0.05, 0) is 70.2 Å². The first-order valence-corrected chi connectivity index (χ1v) is 11.8. The summed E-state index contributed by atoms with van der Waals surface area (Å²) in [5.74, 6) is 2.51. The number of likely N-dealkylation sites (tertiary alicyclic amines) is 1. The Bertz CT molecular complexity index is 1140. The fourth-order valence-electron chi connectivity index (χ4n) is 5.26. The Morgan fingerprint density at radius 1 is 1.00 bits per heavy atom. The Morgan fingerprint density at radius 2 is 1.76 bits per heavy atom. The number of carbonyl (C=O) groups excluding carboxylic acids is 1. The minimum Gasteiger partial charge on any atom is -0.441 e. The monoisotopic (exact) mass is 445 g/mol. The van der Waals surface area contributed by atoms with E-state index in [2.05, 4.69) is 32.0 Å². The number of piperidine rings is 2. The molecule has 7 heteroatoms. The van der Waals surface area contributed by atoms with Crippen LogP contribution in [0.1, 0.15) is 48.4 Å². The predicted molar refractivity (Wildman–Crippen MR) is 127 cm³/mol. The number of oxazole rings is 1. The van der Waals surface area contributed by atoms with Gasteiger partial charge < -0.3 is 14.2 Å². The standard InChI is InChI=1S/C26H31N5O2/c1-18-14-19(2)29-25(28-18)30-12-9-26(10-13-30)8-5-11-31(24(26)32)17-21-6-4-7-22(15-21)23-27-16-20(3)33-23/h4,6-7,14-16H,5,8-13,17H2,1-3H3. The summed E-state index contributed by atoms with van der Waals surface area (Å²) in [4.78, 5) is 31.5. The van der Waals surface area contributed by atoms with Gasteiger partial charge in [-0.1, -0.05) is 12.1 Å². The third kappa shape index (κ3) is 4.36. The number of nitrogens with zero attached hydrogens (tertiary/aromatic N) is 5. The first-order valence-electron chi connectivity index (χ1n) is 11.8. The molecule has 2 saturated heterocycles. The molecule has 5 rings (SSSR count). The summed E-state index contributed by atoms with van der Waals surface area (Å²) in [7, 11) is 0. The van der Waals surface area contributed by atoms with Gasteiger partial charge in [0.1, 0.15) is 5.76 Å². The largest absolute Gasteiger partial charge is 0.441 e. The molecule has 0 bridgehead atoms. The molecule has 33 heavy (non-hydrogen) atoms. The van der Waals surface area contributed by atoms with Crippen molar-refractivity contribution >= 4 is 11.9 Å². The normalized spacial score (nSPS) is 18.2. The van der Waals surface area contributed by atoms with Crippen LogP contribution in [0.15, 0.2) is 40.9 Å². The zero-order chi connectivity index (χ0) is 23.0. The van der Waals surface area contributed by atoms with Crippen molar-refractivity contribution in [1.82, 2.24) is 19.9 Å². The van der Waals surface area contributed by atoms with Crippen LogP contribution in [0, 0.1) is 26.2 Å². The third-order valence-corrected chi connectivity index (χ3v) is 6.97. The maximum atomic E-state index is 13.7. The molecule has 0 unspecified atom stereocenters. The molecule has 1 spiro atoms. The van der Waals surface area contributed by atoms with E-state index in [0.717, 1.165) is 79.5 Å². The molecule has 3 aromatic rings. The number of carbonyl (C=O) groups is 1. The van der Waals surface area contributed by atoms with Crippen molar-refractivity contribution in [2.75, 3.05) is 24.5 Å². The summed E-state index contributed by atoms with van der Waals surface area (Å²) in [5, 5.41) is 0. The summed E-state index contributed by atoms with van der Waals surface area (Å²) < 4.78 is 5.68. The SMILES string of the molecule is Cc1cc(C)nc(N2CCC3(CCCN(Cc4cccc(-c5ncc(C)o5)c4)C3=O)CC2)n1. The van der Waals surface area contributed by atoms with Crippen LogP contribution in [0.3, 0.4) is 0 Å². The topological polar surface area (TPSA) is 75.4 Å². The molecule has 0 N–H and O–H groups in total. The second kappa shape index (κ2) is 8.61. The second-order valence-corrected chi connectivity index (χ2v) is 9.52. The van der Waals surface area contributed by atoms with E-state index in [0.29, 0.717) is 18.3 Å². The van der Waals surface area contributed by atoms with E-state index in [4.69, 9.17) is 4.42 Å². The molecule has 0 aliphatic carbocycles. The van der Waals surface area contributed by atoms with Gasteiger partial charge in [-0.25, -0.2) is 15.0 Å². The summed E-state index contributed by atoms with van der Waals surface area (Å²) in [6, 6.07) is 10.2. The average molecular weight is 446 g/mol. The van der Waals surface area contributed by atoms with Gasteiger partial charge in [-0.15, -0.1) is 0 Å². The van der Waals surface area contributed by atoms with Crippen molar-refractivity contribution in [3.05, 3.63) is 59.2 Å². The lowest BCUT2D eigenvalue weighted by molar-refractivity contribution is -0.148. The lowest BCUT2D eigenvalue weighted by atomic mass is 9.71. The molecule has 0 atom stereocenters. The van der Waals surface area contributed by atoms with Gasteiger partial charge in [-0.3, -0.25) is 4.79 Å². The third-order valence-electron chi connectivity index (χ3n) is 6.97. The van der Waals surface area contributed by atoms with Crippen LogP contribution in [0.4, 0.5) is 5.95 Å². The quantitative estimate of drug-likeness (QED) is 0.590. The number of amides is 1. The summed E-state index contributed by atoms with van der Waals surface area (Å²) in [5.41, 5.74) is 3.77. The molecular weight excluding hydrogens is 414 g/mol. The van der Waals surface area contributed by atoms with Crippen LogP contribution < -0.4 is 4.90 Å². The highest BCUT2D eigenvalue weighted by molar-refractivity contribution is 5.84. The Kier molecular flexibility index (Phi) is 5.64. The number of anilines is 1. The molecule has 4 heterocycles. The Balaban J connectivity index is 1.28. The molecule has 2 fully saturated rings. The van der Waals surface area contributed by atoms with Crippen molar-refractivity contribution in [2.45, 2.75) is 53.0 Å². The van der Waals surface area contributed by atoms with Crippen LogP contribution in [0.25, 0.3) is 11.5 Å². The van der Waals surface area contributed by atoms with Gasteiger partial charge in [0.15, 0.2) is 0 Å². The van der Waals surface area contributed by atoms with Crippen molar-refractivity contribution in [1.29, 1.82) is 0 Å². The molecule has 0 radical (unpaired) electrons. The van der Waals surface area contributed by atoms with Gasteiger partial charge in [0, 0.05) is 43.1 Å². The van der Waals surface area contributed by atoms with Gasteiger partial charge in [0.25, 0.3) is 0 Å². The average Bonchev–Trinajstić information content (AvgIpc) is 3.23. The van der Waals surface area contributed by atoms with E-state index in [-0.39, 0.29) is 5.41 Å². The van der Waals surface area contributed by atoms with Crippen LogP contribution in [0.2, 0.25) is 0 Å². The maximum absolute atomic E-state index is 13.7. The minimum absolute atomic E-state index is 0.259. The summed E-state index contributed by atoms with van der Waals surface area (Å²) in [6.07, 6.45) is 5.46. The Hall–Kier alpha value is -3.22. The molecular formula is C26H31N5O2. The lowest BCUT2D eigenvalue weighted by Gasteiger charge is -2.46.